The van der Waals surface area contributed by atoms with Gasteiger partial charge in [-0.3, -0.25) is 14.5 Å². The van der Waals surface area contributed by atoms with Gasteiger partial charge >= 0.3 is 6.18 Å². The summed E-state index contributed by atoms with van der Waals surface area (Å²) in [5, 5.41) is 7.65. The first-order valence-corrected chi connectivity index (χ1v) is 16.2. The molecule has 248 valence electrons. The van der Waals surface area contributed by atoms with Crippen LogP contribution in [0.5, 0.6) is 0 Å². The van der Waals surface area contributed by atoms with Gasteiger partial charge in [-0.05, 0) is 82.6 Å². The Hall–Kier alpha value is -4.36. The zero-order chi connectivity index (χ0) is 34.3. The largest absolute Gasteiger partial charge is 0.416 e. The van der Waals surface area contributed by atoms with Crippen molar-refractivity contribution in [2.24, 2.45) is 0 Å². The maximum absolute atomic E-state index is 14.4. The van der Waals surface area contributed by atoms with Crippen LogP contribution >= 0.6 is 0 Å². The molecule has 5 rings (SSSR count). The van der Waals surface area contributed by atoms with Crippen LogP contribution in [0.25, 0.3) is 5.69 Å². The molecule has 2 heterocycles. The van der Waals surface area contributed by atoms with Gasteiger partial charge in [0, 0.05) is 23.6 Å². The molecule has 2 N–H and O–H groups in total. The molecular formula is C34H35F4N5O3S. The lowest BCUT2D eigenvalue weighted by molar-refractivity contribution is -0.137. The highest BCUT2D eigenvalue weighted by molar-refractivity contribution is 7.84. The normalized spacial score (nSPS) is 18.1. The summed E-state index contributed by atoms with van der Waals surface area (Å²) in [6, 6.07) is 16.5. The van der Waals surface area contributed by atoms with E-state index in [0.717, 1.165) is 18.2 Å². The molecule has 0 saturated heterocycles. The molecule has 47 heavy (non-hydrogen) atoms. The van der Waals surface area contributed by atoms with Gasteiger partial charge in [-0.15, -0.1) is 0 Å². The summed E-state index contributed by atoms with van der Waals surface area (Å²) in [5.41, 5.74) is 0.752. The van der Waals surface area contributed by atoms with Gasteiger partial charge in [-0.2, -0.15) is 18.3 Å². The number of hydrogen-bond donors (Lipinski definition) is 2. The molecule has 0 fully saturated rings. The van der Waals surface area contributed by atoms with Crippen molar-refractivity contribution in [1.82, 2.24) is 19.8 Å². The molecule has 1 aliphatic heterocycles. The topological polar surface area (TPSA) is 96.3 Å². The SMILES string of the molecule is CCN1C(=O)C(NC(=O)c2cccc(C(F)(F)F)c2)C(c2ccc(F)cc2)c2c([C@@H](C)N[S@@](=O)C(C)(C)C)nn(-c3ccccc3)c21. The molecule has 0 radical (unpaired) electrons. The number of nitrogens with zero attached hydrogens (tertiary/aromatic N) is 3. The molecule has 3 aromatic carbocycles. The summed E-state index contributed by atoms with van der Waals surface area (Å²) in [4.78, 5) is 29.4. The predicted octanol–water partition coefficient (Wildman–Crippen LogP) is 6.44. The molecule has 0 aliphatic carbocycles. The van der Waals surface area contributed by atoms with Gasteiger partial charge in [-0.1, -0.05) is 36.4 Å². The fourth-order valence-electron chi connectivity index (χ4n) is 5.58. The second-order valence-electron chi connectivity index (χ2n) is 12.2. The number of carbonyl (C=O) groups excluding carboxylic acids is 2. The number of para-hydroxylation sites is 1. The third-order valence-corrected chi connectivity index (χ3v) is 9.57. The highest BCUT2D eigenvalue weighted by atomic mass is 32.2. The molecule has 2 unspecified atom stereocenters. The van der Waals surface area contributed by atoms with Gasteiger partial charge in [0.05, 0.1) is 38.7 Å². The Morgan fingerprint density at radius 1 is 1.00 bits per heavy atom. The van der Waals surface area contributed by atoms with E-state index in [4.69, 9.17) is 5.10 Å². The number of rotatable bonds is 8. The Balaban J connectivity index is 1.73. The maximum atomic E-state index is 14.4. The lowest BCUT2D eigenvalue weighted by Crippen LogP contribution is -2.55. The summed E-state index contributed by atoms with van der Waals surface area (Å²) in [5.74, 6) is -2.48. The van der Waals surface area contributed by atoms with Crippen molar-refractivity contribution < 1.29 is 31.4 Å². The summed E-state index contributed by atoms with van der Waals surface area (Å²) < 4.78 is 72.0. The number of hydrogen-bond acceptors (Lipinski definition) is 4. The number of nitrogens with one attached hydrogen (secondary N) is 2. The minimum absolute atomic E-state index is 0.158. The molecule has 2 amide bonds. The Morgan fingerprint density at radius 2 is 1.66 bits per heavy atom. The van der Waals surface area contributed by atoms with E-state index in [2.05, 4.69) is 10.0 Å². The van der Waals surface area contributed by atoms with Gasteiger partial charge < -0.3 is 5.32 Å². The van der Waals surface area contributed by atoms with Crippen molar-refractivity contribution in [3.8, 4) is 5.69 Å². The molecule has 1 aliphatic rings. The van der Waals surface area contributed by atoms with Crippen LogP contribution in [0.15, 0.2) is 78.9 Å². The molecule has 4 atom stereocenters. The average Bonchev–Trinajstić information content (AvgIpc) is 3.42. The van der Waals surface area contributed by atoms with Crippen molar-refractivity contribution in [3.63, 3.8) is 0 Å². The van der Waals surface area contributed by atoms with E-state index in [-0.39, 0.29) is 12.1 Å². The first kappa shape index (κ1) is 34.0. The molecule has 13 heteroatoms. The lowest BCUT2D eigenvalue weighted by Gasteiger charge is -2.39. The van der Waals surface area contributed by atoms with E-state index in [1.807, 2.05) is 51.1 Å². The van der Waals surface area contributed by atoms with E-state index in [0.29, 0.717) is 28.3 Å². The Kier molecular flexibility index (Phi) is 9.43. The fraction of sp³-hybridized carbons (Fsp3) is 0.324. The third kappa shape index (κ3) is 6.86. The van der Waals surface area contributed by atoms with Gasteiger partial charge in [0.15, 0.2) is 0 Å². The number of aromatic nitrogens is 2. The van der Waals surface area contributed by atoms with Crippen LogP contribution in [-0.2, 0) is 22.0 Å². The number of benzene rings is 3. The van der Waals surface area contributed by atoms with E-state index >= 15 is 0 Å². The molecule has 1 aromatic heterocycles. The second kappa shape index (κ2) is 13.0. The first-order chi connectivity index (χ1) is 22.1. The van der Waals surface area contributed by atoms with Crippen LogP contribution in [0.4, 0.5) is 23.4 Å². The van der Waals surface area contributed by atoms with Gasteiger partial charge in [0.1, 0.15) is 17.7 Å². The lowest BCUT2D eigenvalue weighted by atomic mass is 9.80. The highest BCUT2D eigenvalue weighted by Crippen LogP contribution is 2.45. The number of likely N-dealkylation sites (N-methyl/N-ethyl adjacent to an activating group) is 1. The van der Waals surface area contributed by atoms with E-state index in [1.165, 1.54) is 35.2 Å². The monoisotopic (exact) mass is 669 g/mol. The Bertz CT molecular complexity index is 1800. The summed E-state index contributed by atoms with van der Waals surface area (Å²) in [6.45, 7) is 9.15. The average molecular weight is 670 g/mol. The van der Waals surface area contributed by atoms with Crippen molar-refractivity contribution in [1.29, 1.82) is 0 Å². The number of fused-ring (bicyclic) bond motifs is 1. The smallest absolute Gasteiger partial charge is 0.339 e. The Morgan fingerprint density at radius 3 is 2.26 bits per heavy atom. The Labute approximate surface area is 272 Å². The molecule has 0 spiro atoms. The quantitative estimate of drug-likeness (QED) is 0.211. The van der Waals surface area contributed by atoms with E-state index in [9.17, 15) is 31.4 Å². The number of carbonyl (C=O) groups is 2. The molecule has 0 bridgehead atoms. The summed E-state index contributed by atoms with van der Waals surface area (Å²) in [7, 11) is -1.52. The van der Waals surface area contributed by atoms with E-state index < -0.39 is 63.1 Å². The second-order valence-corrected chi connectivity index (χ2v) is 14.2. The van der Waals surface area contributed by atoms with Crippen molar-refractivity contribution in [2.45, 2.75) is 63.5 Å². The predicted molar refractivity (Wildman–Crippen MR) is 172 cm³/mol. The summed E-state index contributed by atoms with van der Waals surface area (Å²) >= 11 is 0. The standard InChI is InChI=1S/C34H35F4N5O3S/c1-6-42-31-27(28(20(2)41-47(46)33(3,4)5)40-43(31)25-13-8-7-9-14-25)26(21-15-17-24(35)18-16-21)29(32(42)45)39-30(44)22-11-10-12-23(19-22)34(36,37)38/h7-20,26,29,41H,6H2,1-5H3,(H,39,44)/t20-,26?,29?,47+/m1/s1. The third-order valence-electron chi connectivity index (χ3n) is 7.89. The van der Waals surface area contributed by atoms with Crippen LogP contribution in [0, 0.1) is 5.82 Å². The van der Waals surface area contributed by atoms with Crippen LogP contribution in [0.3, 0.4) is 0 Å². The maximum Gasteiger partial charge on any atom is 0.416 e. The molecular weight excluding hydrogens is 634 g/mol. The number of anilines is 1. The number of halogens is 4. The van der Waals surface area contributed by atoms with Crippen LogP contribution in [0.2, 0.25) is 0 Å². The van der Waals surface area contributed by atoms with Gasteiger partial charge in [-0.25, -0.2) is 18.0 Å². The van der Waals surface area contributed by atoms with Crippen molar-refractivity contribution in [3.05, 3.63) is 113 Å². The summed E-state index contributed by atoms with van der Waals surface area (Å²) in [6.07, 6.45) is -4.68. The van der Waals surface area contributed by atoms with Gasteiger partial charge in [0.25, 0.3) is 11.8 Å². The van der Waals surface area contributed by atoms with Crippen molar-refractivity contribution >= 4 is 28.6 Å². The van der Waals surface area contributed by atoms with Crippen LogP contribution in [0.1, 0.15) is 79.3 Å². The highest BCUT2D eigenvalue weighted by Gasteiger charge is 2.47. The number of alkyl halides is 3. The zero-order valence-electron chi connectivity index (χ0n) is 26.4. The molecule has 0 saturated carbocycles. The van der Waals surface area contributed by atoms with Crippen molar-refractivity contribution in [2.75, 3.05) is 11.4 Å². The van der Waals surface area contributed by atoms with Gasteiger partial charge in [0.2, 0.25) is 0 Å². The van der Waals surface area contributed by atoms with Crippen LogP contribution in [-0.4, -0.2) is 43.1 Å². The minimum atomic E-state index is -4.68. The minimum Gasteiger partial charge on any atom is -0.339 e. The zero-order valence-corrected chi connectivity index (χ0v) is 27.2. The van der Waals surface area contributed by atoms with E-state index in [1.54, 1.807) is 18.5 Å². The molecule has 4 aromatic rings. The number of amides is 2. The first-order valence-electron chi connectivity index (χ1n) is 15.0. The fourth-order valence-corrected chi connectivity index (χ4v) is 6.37. The molecule has 8 nitrogen and oxygen atoms in total. The van der Waals surface area contributed by atoms with Crippen LogP contribution < -0.4 is 14.9 Å².